The second-order valence-corrected chi connectivity index (χ2v) is 7.46. The van der Waals surface area contributed by atoms with Crippen LogP contribution in [0.25, 0.3) is 0 Å². The fourth-order valence-electron chi connectivity index (χ4n) is 2.12. The van der Waals surface area contributed by atoms with Gasteiger partial charge in [0.25, 0.3) is 5.91 Å². The topological polar surface area (TPSA) is 108 Å². The molecule has 0 saturated carbocycles. The number of rotatable bonds is 7. The third kappa shape index (κ3) is 5.31. The molecule has 8 heteroatoms. The lowest BCUT2D eigenvalue weighted by Gasteiger charge is -2.11. The number of para-hydroxylation sites is 1. The Hall–Kier alpha value is -2.89. The minimum absolute atomic E-state index is 0.114. The summed E-state index contributed by atoms with van der Waals surface area (Å²) < 4.78 is 31.9. The highest BCUT2D eigenvalue weighted by atomic mass is 32.2. The number of carbonyl (C=O) groups excluding carboxylic acids is 1. The zero-order valence-corrected chi connectivity index (χ0v) is 15.2. The number of hydrogen-bond acceptors (Lipinski definition) is 5. The molecule has 0 radical (unpaired) electrons. The Balaban J connectivity index is 1.96. The maximum atomic E-state index is 12.1. The molecule has 0 heterocycles. The van der Waals surface area contributed by atoms with E-state index < -0.39 is 15.9 Å². The number of carbonyl (C=O) groups is 1. The van der Waals surface area contributed by atoms with Crippen LogP contribution in [0.15, 0.2) is 53.4 Å². The van der Waals surface area contributed by atoms with E-state index in [0.717, 1.165) is 0 Å². The number of amides is 1. The van der Waals surface area contributed by atoms with Crippen LogP contribution in [0.2, 0.25) is 0 Å². The number of nitrogens with one attached hydrogen (secondary N) is 2. The highest BCUT2D eigenvalue weighted by Crippen LogP contribution is 2.17. The van der Waals surface area contributed by atoms with Gasteiger partial charge in [0.1, 0.15) is 11.8 Å². The van der Waals surface area contributed by atoms with Crippen molar-refractivity contribution in [3.63, 3.8) is 0 Å². The van der Waals surface area contributed by atoms with Gasteiger partial charge in [-0.25, -0.2) is 13.1 Å². The molecule has 2 aromatic rings. The minimum Gasteiger partial charge on any atom is -0.482 e. The SMILES string of the molecule is CC(C)NS(=O)(=O)c1ccc(NC(=O)COc2ccccc2C#N)cc1. The number of anilines is 1. The molecule has 0 aromatic heterocycles. The molecule has 0 spiro atoms. The molecule has 7 nitrogen and oxygen atoms in total. The summed E-state index contributed by atoms with van der Waals surface area (Å²) >= 11 is 0. The van der Waals surface area contributed by atoms with Crippen LogP contribution in [-0.4, -0.2) is 27.0 Å². The van der Waals surface area contributed by atoms with Crippen molar-refractivity contribution in [2.75, 3.05) is 11.9 Å². The smallest absolute Gasteiger partial charge is 0.262 e. The summed E-state index contributed by atoms with van der Waals surface area (Å²) in [5, 5.41) is 11.6. The number of nitrogens with zero attached hydrogens (tertiary/aromatic N) is 1. The van der Waals surface area contributed by atoms with Crippen molar-refractivity contribution in [3.05, 3.63) is 54.1 Å². The lowest BCUT2D eigenvalue weighted by Crippen LogP contribution is -2.30. The lowest BCUT2D eigenvalue weighted by molar-refractivity contribution is -0.118. The molecular formula is C18H19N3O4S. The Kier molecular flexibility index (Phi) is 6.33. The van der Waals surface area contributed by atoms with Crippen molar-refractivity contribution in [1.29, 1.82) is 5.26 Å². The molecule has 1 amide bonds. The summed E-state index contributed by atoms with van der Waals surface area (Å²) in [5.41, 5.74) is 0.781. The third-order valence-electron chi connectivity index (χ3n) is 3.21. The van der Waals surface area contributed by atoms with Gasteiger partial charge in [-0.15, -0.1) is 0 Å². The molecule has 0 aliphatic rings. The molecule has 0 fully saturated rings. The largest absolute Gasteiger partial charge is 0.482 e. The van der Waals surface area contributed by atoms with E-state index in [1.807, 2.05) is 6.07 Å². The Bertz CT molecular complexity index is 916. The second kappa shape index (κ2) is 8.47. The van der Waals surface area contributed by atoms with Crippen LogP contribution in [0.5, 0.6) is 5.75 Å². The van der Waals surface area contributed by atoms with E-state index in [9.17, 15) is 13.2 Å². The van der Waals surface area contributed by atoms with Gasteiger partial charge in [0.2, 0.25) is 10.0 Å². The van der Waals surface area contributed by atoms with Gasteiger partial charge in [-0.2, -0.15) is 5.26 Å². The molecule has 0 aliphatic heterocycles. The molecule has 0 unspecified atom stereocenters. The van der Waals surface area contributed by atoms with Gasteiger partial charge in [-0.3, -0.25) is 4.79 Å². The first kappa shape index (κ1) is 19.4. The van der Waals surface area contributed by atoms with Crippen LogP contribution in [0, 0.1) is 11.3 Å². The molecule has 136 valence electrons. The van der Waals surface area contributed by atoms with Gasteiger partial charge in [0.15, 0.2) is 6.61 Å². The van der Waals surface area contributed by atoms with Gasteiger partial charge < -0.3 is 10.1 Å². The van der Waals surface area contributed by atoms with Gasteiger partial charge in [0, 0.05) is 11.7 Å². The quantitative estimate of drug-likeness (QED) is 0.774. The fourth-order valence-corrected chi connectivity index (χ4v) is 3.37. The van der Waals surface area contributed by atoms with Crippen LogP contribution in [0.1, 0.15) is 19.4 Å². The van der Waals surface area contributed by atoms with Crippen LogP contribution in [0.4, 0.5) is 5.69 Å². The second-order valence-electron chi connectivity index (χ2n) is 5.75. The van der Waals surface area contributed by atoms with Gasteiger partial charge in [-0.05, 0) is 50.2 Å². The van der Waals surface area contributed by atoms with Gasteiger partial charge in [-0.1, -0.05) is 12.1 Å². The fraction of sp³-hybridized carbons (Fsp3) is 0.222. The summed E-state index contributed by atoms with van der Waals surface area (Å²) in [7, 11) is -3.58. The van der Waals surface area contributed by atoms with E-state index in [1.54, 1.807) is 38.1 Å². The molecule has 26 heavy (non-hydrogen) atoms. The summed E-state index contributed by atoms with van der Waals surface area (Å²) in [6.07, 6.45) is 0. The van der Waals surface area contributed by atoms with E-state index in [0.29, 0.717) is 17.0 Å². The average Bonchev–Trinajstić information content (AvgIpc) is 2.59. The summed E-state index contributed by atoms with van der Waals surface area (Å²) in [4.78, 5) is 12.1. The van der Waals surface area contributed by atoms with Crippen molar-refractivity contribution < 1.29 is 17.9 Å². The van der Waals surface area contributed by atoms with Crippen molar-refractivity contribution in [1.82, 2.24) is 4.72 Å². The molecule has 2 N–H and O–H groups in total. The molecule has 0 aliphatic carbocycles. The van der Waals surface area contributed by atoms with Crippen molar-refractivity contribution in [3.8, 4) is 11.8 Å². The lowest BCUT2D eigenvalue weighted by atomic mass is 10.2. The molecule has 0 saturated heterocycles. The minimum atomic E-state index is -3.58. The zero-order chi connectivity index (χ0) is 19.2. The number of hydrogen-bond donors (Lipinski definition) is 2. The Morgan fingerprint density at radius 2 is 1.81 bits per heavy atom. The summed E-state index contributed by atoms with van der Waals surface area (Å²) in [6, 6.07) is 14.2. The van der Waals surface area contributed by atoms with Crippen LogP contribution in [0.3, 0.4) is 0 Å². The first-order valence-corrected chi connectivity index (χ1v) is 9.34. The standard InChI is InChI=1S/C18H19N3O4S/c1-13(2)21-26(23,24)16-9-7-15(8-10-16)20-18(22)12-25-17-6-4-3-5-14(17)11-19/h3-10,13,21H,12H2,1-2H3,(H,20,22). The number of nitriles is 1. The number of sulfonamides is 1. The van der Waals surface area contributed by atoms with E-state index in [1.165, 1.54) is 24.3 Å². The van der Waals surface area contributed by atoms with Gasteiger partial charge >= 0.3 is 0 Å². The van der Waals surface area contributed by atoms with Gasteiger partial charge in [0.05, 0.1) is 10.5 Å². The summed E-state index contributed by atoms with van der Waals surface area (Å²) in [5.74, 6) is -0.0972. The third-order valence-corrected chi connectivity index (χ3v) is 4.88. The maximum absolute atomic E-state index is 12.1. The molecule has 0 atom stereocenters. The maximum Gasteiger partial charge on any atom is 0.262 e. The van der Waals surface area contributed by atoms with E-state index in [4.69, 9.17) is 10.00 Å². The monoisotopic (exact) mass is 373 g/mol. The Labute approximate surface area is 152 Å². The number of benzene rings is 2. The van der Waals surface area contributed by atoms with Crippen LogP contribution >= 0.6 is 0 Å². The average molecular weight is 373 g/mol. The highest BCUT2D eigenvalue weighted by molar-refractivity contribution is 7.89. The highest BCUT2D eigenvalue weighted by Gasteiger charge is 2.15. The van der Waals surface area contributed by atoms with E-state index in [-0.39, 0.29) is 17.5 Å². The Morgan fingerprint density at radius 3 is 2.42 bits per heavy atom. The predicted molar refractivity (Wildman–Crippen MR) is 97.2 cm³/mol. The molecular weight excluding hydrogens is 354 g/mol. The molecule has 2 aromatic carbocycles. The normalized spacial score (nSPS) is 11.0. The Morgan fingerprint density at radius 1 is 1.15 bits per heavy atom. The van der Waals surface area contributed by atoms with Crippen molar-refractivity contribution in [2.24, 2.45) is 0 Å². The van der Waals surface area contributed by atoms with Crippen molar-refractivity contribution in [2.45, 2.75) is 24.8 Å². The first-order chi connectivity index (χ1) is 12.3. The van der Waals surface area contributed by atoms with Crippen LogP contribution < -0.4 is 14.8 Å². The molecule has 0 bridgehead atoms. The zero-order valence-electron chi connectivity index (χ0n) is 14.4. The molecule has 2 rings (SSSR count). The predicted octanol–water partition coefficient (Wildman–Crippen LogP) is 2.26. The first-order valence-electron chi connectivity index (χ1n) is 7.86. The van der Waals surface area contributed by atoms with Crippen LogP contribution in [-0.2, 0) is 14.8 Å². The van der Waals surface area contributed by atoms with E-state index in [2.05, 4.69) is 10.0 Å². The van der Waals surface area contributed by atoms with E-state index >= 15 is 0 Å². The number of ether oxygens (including phenoxy) is 1. The van der Waals surface area contributed by atoms with Crippen molar-refractivity contribution >= 4 is 21.6 Å². The summed E-state index contributed by atoms with van der Waals surface area (Å²) in [6.45, 7) is 3.20.